The Kier molecular flexibility index (Phi) is 5.29. The van der Waals surface area contributed by atoms with Crippen LogP contribution < -0.4 is 5.32 Å². The molecule has 0 unspecified atom stereocenters. The SMILES string of the molecule is Cc1c(Cl)cccc1N=C1NC(=O)/C(=C\c2cc(Cl)cc(Cl)c2O)S1. The van der Waals surface area contributed by atoms with Crippen LogP contribution in [0.1, 0.15) is 11.1 Å². The van der Waals surface area contributed by atoms with Crippen molar-refractivity contribution in [3.05, 3.63) is 61.4 Å². The number of benzene rings is 2. The number of aliphatic imine (C=N–C) groups is 1. The Hall–Kier alpha value is -1.66. The number of nitrogens with zero attached hydrogens (tertiary/aromatic N) is 1. The molecule has 2 aromatic rings. The van der Waals surface area contributed by atoms with Gasteiger partial charge in [0.1, 0.15) is 5.75 Å². The quantitative estimate of drug-likeness (QED) is 0.634. The van der Waals surface area contributed by atoms with Crippen molar-refractivity contribution in [2.24, 2.45) is 4.99 Å². The summed E-state index contributed by atoms with van der Waals surface area (Å²) in [5, 5.41) is 14.2. The topological polar surface area (TPSA) is 61.7 Å². The average Bonchev–Trinajstić information content (AvgIpc) is 2.88. The number of phenolic OH excluding ortho intramolecular Hbond substituents is 1. The molecule has 1 aliphatic heterocycles. The van der Waals surface area contributed by atoms with Crippen LogP contribution >= 0.6 is 46.6 Å². The van der Waals surface area contributed by atoms with Crippen LogP contribution in [0.2, 0.25) is 15.1 Å². The molecule has 1 saturated heterocycles. The minimum absolute atomic E-state index is 0.117. The molecule has 0 spiro atoms. The van der Waals surface area contributed by atoms with Crippen molar-refractivity contribution in [1.82, 2.24) is 5.32 Å². The Bertz CT molecular complexity index is 942. The fourth-order valence-corrected chi connectivity index (χ4v) is 3.65. The standard InChI is InChI=1S/C17H11Cl3N2O2S/c1-8-11(19)3-2-4-13(8)21-17-22-16(24)14(25-17)6-9-5-10(18)7-12(20)15(9)23/h2-7,23H,1H3,(H,21,22,24)/b14-6+. The molecule has 4 nitrogen and oxygen atoms in total. The number of amidine groups is 1. The molecule has 25 heavy (non-hydrogen) atoms. The molecular formula is C17H11Cl3N2O2S. The summed E-state index contributed by atoms with van der Waals surface area (Å²) in [7, 11) is 0. The number of thioether (sulfide) groups is 1. The number of carbonyl (C=O) groups excluding carboxylic acids is 1. The number of aromatic hydroxyl groups is 1. The van der Waals surface area contributed by atoms with Gasteiger partial charge in [-0.1, -0.05) is 40.9 Å². The molecule has 128 valence electrons. The molecule has 3 rings (SSSR count). The van der Waals surface area contributed by atoms with Crippen molar-refractivity contribution in [3.8, 4) is 5.75 Å². The molecule has 1 fully saturated rings. The fraction of sp³-hybridized carbons (Fsp3) is 0.0588. The van der Waals surface area contributed by atoms with E-state index in [1.54, 1.807) is 12.1 Å². The highest BCUT2D eigenvalue weighted by Gasteiger charge is 2.24. The van der Waals surface area contributed by atoms with E-state index in [2.05, 4.69) is 10.3 Å². The maximum absolute atomic E-state index is 12.2. The van der Waals surface area contributed by atoms with E-state index in [1.807, 2.05) is 13.0 Å². The first-order valence-corrected chi connectivity index (χ1v) is 9.03. The molecule has 2 N–H and O–H groups in total. The highest BCUT2D eigenvalue weighted by molar-refractivity contribution is 8.18. The predicted octanol–water partition coefficient (Wildman–Crippen LogP) is 5.55. The Labute approximate surface area is 163 Å². The van der Waals surface area contributed by atoms with Crippen molar-refractivity contribution in [1.29, 1.82) is 0 Å². The van der Waals surface area contributed by atoms with Crippen LogP contribution in [0.4, 0.5) is 5.69 Å². The highest BCUT2D eigenvalue weighted by atomic mass is 35.5. The van der Waals surface area contributed by atoms with Crippen molar-refractivity contribution in [3.63, 3.8) is 0 Å². The summed E-state index contributed by atoms with van der Waals surface area (Å²) in [6.07, 6.45) is 1.51. The van der Waals surface area contributed by atoms with E-state index in [-0.39, 0.29) is 16.7 Å². The summed E-state index contributed by atoms with van der Waals surface area (Å²) >= 11 is 19.1. The molecule has 0 saturated carbocycles. The van der Waals surface area contributed by atoms with Crippen LogP contribution in [0, 0.1) is 6.92 Å². The maximum atomic E-state index is 12.2. The lowest BCUT2D eigenvalue weighted by molar-refractivity contribution is -0.115. The van der Waals surface area contributed by atoms with Crippen LogP contribution in [-0.4, -0.2) is 16.2 Å². The van der Waals surface area contributed by atoms with E-state index in [0.29, 0.717) is 31.4 Å². The lowest BCUT2D eigenvalue weighted by atomic mass is 10.2. The molecule has 2 aromatic carbocycles. The number of hydrogen-bond donors (Lipinski definition) is 2. The second-order valence-corrected chi connectivity index (χ2v) is 7.47. The summed E-state index contributed by atoms with van der Waals surface area (Å²) in [5.41, 5.74) is 1.85. The maximum Gasteiger partial charge on any atom is 0.264 e. The van der Waals surface area contributed by atoms with Gasteiger partial charge >= 0.3 is 0 Å². The molecule has 0 atom stereocenters. The number of carbonyl (C=O) groups is 1. The van der Waals surface area contributed by atoms with Gasteiger partial charge < -0.3 is 10.4 Å². The third-order valence-electron chi connectivity index (χ3n) is 3.46. The first-order valence-electron chi connectivity index (χ1n) is 7.08. The zero-order valence-corrected chi connectivity index (χ0v) is 15.9. The molecule has 1 heterocycles. The van der Waals surface area contributed by atoms with Gasteiger partial charge in [0.05, 0.1) is 15.6 Å². The third-order valence-corrected chi connectivity index (χ3v) is 5.28. The minimum Gasteiger partial charge on any atom is -0.506 e. The van der Waals surface area contributed by atoms with Gasteiger partial charge in [-0.3, -0.25) is 4.79 Å². The Morgan fingerprint density at radius 1 is 1.20 bits per heavy atom. The van der Waals surface area contributed by atoms with Gasteiger partial charge in [0.2, 0.25) is 0 Å². The molecule has 0 aliphatic carbocycles. The third kappa shape index (κ3) is 3.96. The van der Waals surface area contributed by atoms with Crippen molar-refractivity contribution in [2.75, 3.05) is 0 Å². The highest BCUT2D eigenvalue weighted by Crippen LogP contribution is 2.36. The van der Waals surface area contributed by atoms with Gasteiger partial charge in [-0.05, 0) is 54.6 Å². The second kappa shape index (κ2) is 7.30. The first kappa shape index (κ1) is 18.1. The molecular weight excluding hydrogens is 403 g/mol. The largest absolute Gasteiger partial charge is 0.506 e. The van der Waals surface area contributed by atoms with Gasteiger partial charge in [-0.2, -0.15) is 0 Å². The number of rotatable bonds is 2. The second-order valence-electron chi connectivity index (χ2n) is 5.19. The lowest BCUT2D eigenvalue weighted by Crippen LogP contribution is -2.19. The zero-order chi connectivity index (χ0) is 18.1. The van der Waals surface area contributed by atoms with Gasteiger partial charge in [0.25, 0.3) is 5.91 Å². The molecule has 0 bridgehead atoms. The Morgan fingerprint density at radius 3 is 2.72 bits per heavy atom. The van der Waals surface area contributed by atoms with E-state index >= 15 is 0 Å². The average molecular weight is 414 g/mol. The summed E-state index contributed by atoms with van der Waals surface area (Å²) < 4.78 is 0. The zero-order valence-electron chi connectivity index (χ0n) is 12.8. The van der Waals surface area contributed by atoms with Gasteiger partial charge in [0, 0.05) is 15.6 Å². The monoisotopic (exact) mass is 412 g/mol. The fourth-order valence-electron chi connectivity index (χ4n) is 2.14. The number of hydrogen-bond acceptors (Lipinski definition) is 4. The minimum atomic E-state index is -0.320. The Balaban J connectivity index is 1.93. The van der Waals surface area contributed by atoms with Crippen LogP contribution in [0.3, 0.4) is 0 Å². The van der Waals surface area contributed by atoms with Crippen molar-refractivity contribution < 1.29 is 9.90 Å². The first-order chi connectivity index (χ1) is 11.8. The van der Waals surface area contributed by atoms with E-state index < -0.39 is 0 Å². The van der Waals surface area contributed by atoms with Crippen LogP contribution in [0.25, 0.3) is 6.08 Å². The van der Waals surface area contributed by atoms with Crippen LogP contribution in [0.15, 0.2) is 40.2 Å². The molecule has 0 radical (unpaired) electrons. The summed E-state index contributed by atoms with van der Waals surface area (Å²) in [6, 6.07) is 8.33. The number of amides is 1. The van der Waals surface area contributed by atoms with Crippen LogP contribution in [-0.2, 0) is 4.79 Å². The smallest absolute Gasteiger partial charge is 0.264 e. The number of halogens is 3. The summed E-state index contributed by atoms with van der Waals surface area (Å²) in [6.45, 7) is 1.85. The predicted molar refractivity (Wildman–Crippen MR) is 105 cm³/mol. The van der Waals surface area contributed by atoms with Gasteiger partial charge in [-0.25, -0.2) is 4.99 Å². The molecule has 0 aromatic heterocycles. The van der Waals surface area contributed by atoms with Gasteiger partial charge in [-0.15, -0.1) is 0 Å². The molecule has 8 heteroatoms. The van der Waals surface area contributed by atoms with Gasteiger partial charge in [0.15, 0.2) is 5.17 Å². The van der Waals surface area contributed by atoms with E-state index in [0.717, 1.165) is 17.3 Å². The lowest BCUT2D eigenvalue weighted by Gasteiger charge is -2.03. The summed E-state index contributed by atoms with van der Waals surface area (Å²) in [5.74, 6) is -0.457. The summed E-state index contributed by atoms with van der Waals surface area (Å²) in [4.78, 5) is 17.0. The van der Waals surface area contributed by atoms with Crippen molar-refractivity contribution in [2.45, 2.75) is 6.92 Å². The molecule has 1 aliphatic rings. The van der Waals surface area contributed by atoms with Crippen LogP contribution in [0.5, 0.6) is 5.75 Å². The number of nitrogens with one attached hydrogen (secondary N) is 1. The molecule has 1 amide bonds. The Morgan fingerprint density at radius 2 is 1.96 bits per heavy atom. The van der Waals surface area contributed by atoms with Crippen molar-refractivity contribution >= 4 is 69.4 Å². The van der Waals surface area contributed by atoms with E-state index in [4.69, 9.17) is 34.8 Å². The van der Waals surface area contributed by atoms with E-state index in [1.165, 1.54) is 18.2 Å². The normalized spacial score (nSPS) is 17.4. The number of phenols is 1. The van der Waals surface area contributed by atoms with E-state index in [9.17, 15) is 9.90 Å².